The van der Waals surface area contributed by atoms with Crippen molar-refractivity contribution in [1.29, 1.82) is 0 Å². The first-order chi connectivity index (χ1) is 13.3. The summed E-state index contributed by atoms with van der Waals surface area (Å²) >= 11 is 0. The van der Waals surface area contributed by atoms with E-state index in [1.807, 2.05) is 0 Å². The van der Waals surface area contributed by atoms with Gasteiger partial charge in [0.2, 0.25) is 0 Å². The van der Waals surface area contributed by atoms with Crippen LogP contribution < -0.4 is 0 Å². The van der Waals surface area contributed by atoms with Gasteiger partial charge in [0, 0.05) is 0 Å². The molecule has 0 spiro atoms. The van der Waals surface area contributed by atoms with Crippen molar-refractivity contribution in [2.24, 2.45) is 29.6 Å². The van der Waals surface area contributed by atoms with Gasteiger partial charge in [0.1, 0.15) is 0 Å². The highest BCUT2D eigenvalue weighted by molar-refractivity contribution is 4.97. The van der Waals surface area contributed by atoms with Crippen LogP contribution in [-0.4, -0.2) is 12.7 Å². The largest absolute Gasteiger partial charge is 0.374 e. The molecule has 1 saturated heterocycles. The normalized spacial score (nSPS) is 38.1. The van der Waals surface area contributed by atoms with Crippen molar-refractivity contribution in [3.05, 3.63) is 24.8 Å². The molecule has 0 bridgehead atoms. The summed E-state index contributed by atoms with van der Waals surface area (Å²) in [5.74, 6) is 4.47. The lowest BCUT2D eigenvalue weighted by Crippen LogP contribution is -2.26. The van der Waals surface area contributed by atoms with Crippen molar-refractivity contribution in [3.63, 3.8) is 0 Å². The Morgan fingerprint density at radius 1 is 0.778 bits per heavy atom. The second-order valence-corrected chi connectivity index (χ2v) is 9.78. The Labute approximate surface area is 169 Å². The predicted octanol–water partition coefficient (Wildman–Crippen LogP) is 7.72. The monoisotopic (exact) mass is 372 g/mol. The molecule has 2 atom stereocenters. The summed E-state index contributed by atoms with van der Waals surface area (Å²) in [6.07, 6.45) is 27.1. The average molecular weight is 373 g/mol. The van der Waals surface area contributed by atoms with Crippen molar-refractivity contribution in [3.8, 4) is 0 Å². The summed E-state index contributed by atoms with van der Waals surface area (Å²) in [6.45, 7) is 7.28. The molecule has 0 N–H and O–H groups in total. The molecule has 1 nitrogen and oxygen atoms in total. The predicted molar refractivity (Wildman–Crippen MR) is 117 cm³/mol. The van der Waals surface area contributed by atoms with Gasteiger partial charge in [0.05, 0.1) is 12.7 Å². The van der Waals surface area contributed by atoms with Gasteiger partial charge in [0.15, 0.2) is 0 Å². The molecule has 154 valence electrons. The maximum absolute atomic E-state index is 6.15. The van der Waals surface area contributed by atoms with E-state index in [9.17, 15) is 0 Å². The Bertz CT molecular complexity index is 429. The molecular weight excluding hydrogens is 328 g/mol. The van der Waals surface area contributed by atoms with E-state index in [1.165, 1.54) is 89.9 Å². The van der Waals surface area contributed by atoms with Crippen LogP contribution in [0.1, 0.15) is 96.8 Å². The Morgan fingerprint density at radius 2 is 1.44 bits per heavy atom. The molecule has 0 aromatic carbocycles. The van der Waals surface area contributed by atoms with Gasteiger partial charge in [0.25, 0.3) is 0 Å². The van der Waals surface area contributed by atoms with Gasteiger partial charge >= 0.3 is 0 Å². The molecule has 27 heavy (non-hydrogen) atoms. The van der Waals surface area contributed by atoms with E-state index in [4.69, 9.17) is 4.74 Å². The zero-order valence-corrected chi connectivity index (χ0v) is 17.9. The summed E-state index contributed by atoms with van der Waals surface area (Å²) in [4.78, 5) is 0. The summed E-state index contributed by atoms with van der Waals surface area (Å²) in [5.41, 5.74) is 0. The van der Waals surface area contributed by atoms with E-state index in [0.717, 1.165) is 36.2 Å². The van der Waals surface area contributed by atoms with E-state index < -0.39 is 0 Å². The van der Waals surface area contributed by atoms with Crippen LogP contribution in [0, 0.1) is 29.6 Å². The Kier molecular flexibility index (Phi) is 8.97. The standard InChI is InChI=1S/C26H44O/c1-3-5-6-7-23-13-19-26(27-20-23)18-12-22-10-16-25(17-11-22)24-14-8-21(4-2)9-15-24/h4,12,18,21-26H,2-3,5-11,13-17,19-20H2,1H3/b18-12+. The van der Waals surface area contributed by atoms with E-state index in [0.29, 0.717) is 6.10 Å². The van der Waals surface area contributed by atoms with Crippen molar-refractivity contribution >= 4 is 0 Å². The van der Waals surface area contributed by atoms with Crippen molar-refractivity contribution < 1.29 is 4.74 Å². The van der Waals surface area contributed by atoms with Gasteiger partial charge in [-0.25, -0.2) is 0 Å². The Morgan fingerprint density at radius 3 is 2.00 bits per heavy atom. The van der Waals surface area contributed by atoms with Crippen molar-refractivity contribution in [2.45, 2.75) is 103 Å². The van der Waals surface area contributed by atoms with Crippen molar-refractivity contribution in [1.82, 2.24) is 0 Å². The van der Waals surface area contributed by atoms with Gasteiger partial charge in [-0.1, -0.05) is 44.4 Å². The molecule has 3 fully saturated rings. The highest BCUT2D eigenvalue weighted by atomic mass is 16.5. The highest BCUT2D eigenvalue weighted by Crippen LogP contribution is 2.41. The Hall–Kier alpha value is -0.560. The minimum Gasteiger partial charge on any atom is -0.374 e. The lowest BCUT2D eigenvalue weighted by Gasteiger charge is -2.37. The fourth-order valence-electron chi connectivity index (χ4n) is 5.83. The molecule has 1 aliphatic heterocycles. The van der Waals surface area contributed by atoms with Crippen LogP contribution in [0.5, 0.6) is 0 Å². The van der Waals surface area contributed by atoms with Gasteiger partial charge < -0.3 is 4.74 Å². The van der Waals surface area contributed by atoms with Gasteiger partial charge in [-0.05, 0) is 100 Å². The fraction of sp³-hybridized carbons (Fsp3) is 0.846. The molecule has 2 saturated carbocycles. The summed E-state index contributed by atoms with van der Waals surface area (Å²) < 4.78 is 6.15. The van der Waals surface area contributed by atoms with E-state index in [-0.39, 0.29) is 0 Å². The van der Waals surface area contributed by atoms with Gasteiger partial charge in [-0.3, -0.25) is 0 Å². The fourth-order valence-corrected chi connectivity index (χ4v) is 5.83. The molecule has 0 aromatic heterocycles. The van der Waals surface area contributed by atoms with Crippen LogP contribution in [0.3, 0.4) is 0 Å². The summed E-state index contributed by atoms with van der Waals surface area (Å²) in [6, 6.07) is 0. The number of rotatable bonds is 8. The first-order valence-electron chi connectivity index (χ1n) is 12.2. The first-order valence-corrected chi connectivity index (χ1v) is 12.2. The van der Waals surface area contributed by atoms with Gasteiger partial charge in [-0.2, -0.15) is 0 Å². The van der Waals surface area contributed by atoms with Crippen LogP contribution in [0.4, 0.5) is 0 Å². The van der Waals surface area contributed by atoms with Gasteiger partial charge in [-0.15, -0.1) is 6.58 Å². The van der Waals surface area contributed by atoms with Crippen LogP contribution >= 0.6 is 0 Å². The maximum Gasteiger partial charge on any atom is 0.0756 e. The lowest BCUT2D eigenvalue weighted by molar-refractivity contribution is 0.00751. The SMILES string of the molecule is C=CC1CCC(C2CCC(/C=C/C3CCC(CCCCC)CO3)CC2)CC1. The molecule has 0 radical (unpaired) electrons. The molecule has 1 heterocycles. The molecule has 3 rings (SSSR count). The number of hydrogen-bond donors (Lipinski definition) is 0. The zero-order chi connectivity index (χ0) is 18.9. The first kappa shape index (κ1) is 21.2. The Balaban J connectivity index is 1.31. The van der Waals surface area contributed by atoms with Crippen LogP contribution in [0.2, 0.25) is 0 Å². The minimum atomic E-state index is 0.402. The highest BCUT2D eigenvalue weighted by Gasteiger charge is 2.29. The third-order valence-electron chi connectivity index (χ3n) is 7.85. The van der Waals surface area contributed by atoms with E-state index in [1.54, 1.807) is 0 Å². The van der Waals surface area contributed by atoms with Crippen LogP contribution in [0.25, 0.3) is 0 Å². The second-order valence-electron chi connectivity index (χ2n) is 9.78. The molecule has 0 amide bonds. The number of unbranched alkanes of at least 4 members (excludes halogenated alkanes) is 2. The summed E-state index contributed by atoms with van der Waals surface area (Å²) in [5, 5.41) is 0. The van der Waals surface area contributed by atoms with E-state index in [2.05, 4.69) is 31.7 Å². The average Bonchev–Trinajstić information content (AvgIpc) is 2.74. The minimum absolute atomic E-state index is 0.402. The number of allylic oxidation sites excluding steroid dienone is 2. The van der Waals surface area contributed by atoms with Crippen molar-refractivity contribution in [2.75, 3.05) is 6.61 Å². The van der Waals surface area contributed by atoms with E-state index >= 15 is 0 Å². The zero-order valence-electron chi connectivity index (χ0n) is 17.9. The smallest absolute Gasteiger partial charge is 0.0756 e. The number of hydrogen-bond acceptors (Lipinski definition) is 1. The third kappa shape index (κ3) is 6.77. The lowest BCUT2D eigenvalue weighted by atomic mass is 9.69. The molecule has 2 unspecified atom stereocenters. The molecule has 0 aromatic rings. The van der Waals surface area contributed by atoms with Crippen LogP contribution in [0.15, 0.2) is 24.8 Å². The second kappa shape index (κ2) is 11.4. The quantitative estimate of drug-likeness (QED) is 0.313. The summed E-state index contributed by atoms with van der Waals surface area (Å²) in [7, 11) is 0. The molecule has 3 aliphatic rings. The molecule has 1 heteroatoms. The van der Waals surface area contributed by atoms with Crippen LogP contribution in [-0.2, 0) is 4.74 Å². The molecule has 2 aliphatic carbocycles. The maximum atomic E-state index is 6.15. The topological polar surface area (TPSA) is 9.23 Å². The number of ether oxygens (including phenoxy) is 1. The third-order valence-corrected chi connectivity index (χ3v) is 7.85. The molecular formula is C26H44O.